The fourth-order valence-corrected chi connectivity index (χ4v) is 3.80. The Morgan fingerprint density at radius 2 is 2.00 bits per heavy atom. The summed E-state index contributed by atoms with van der Waals surface area (Å²) < 4.78 is 13.1. The van der Waals surface area contributed by atoms with Gasteiger partial charge in [0.1, 0.15) is 11.6 Å². The molecule has 2 atom stereocenters. The Kier molecular flexibility index (Phi) is 3.94. The van der Waals surface area contributed by atoms with Gasteiger partial charge < -0.3 is 15.3 Å². The predicted octanol–water partition coefficient (Wildman–Crippen LogP) is 2.49. The van der Waals surface area contributed by atoms with Crippen molar-refractivity contribution in [1.29, 1.82) is 0 Å². The Labute approximate surface area is 119 Å². The van der Waals surface area contributed by atoms with Gasteiger partial charge in [0.15, 0.2) is 0 Å². The van der Waals surface area contributed by atoms with Gasteiger partial charge in [-0.05, 0) is 63.4 Å². The summed E-state index contributed by atoms with van der Waals surface area (Å²) in [5, 5.41) is 13.1. The standard InChI is InChI=1S/C16H23FN2O/c1-19-14-3-4-15(19)7-11(6-14)9-18-10-12-8-13(17)2-5-16(12)20/h2,5,8,11,14-15,18,20H,3-4,6-7,9-10H2,1H3. The smallest absolute Gasteiger partial charge is 0.123 e. The maximum Gasteiger partial charge on any atom is 0.123 e. The predicted molar refractivity (Wildman–Crippen MR) is 77.1 cm³/mol. The van der Waals surface area contributed by atoms with E-state index in [1.54, 1.807) is 0 Å². The fourth-order valence-electron chi connectivity index (χ4n) is 3.80. The van der Waals surface area contributed by atoms with Crippen LogP contribution >= 0.6 is 0 Å². The van der Waals surface area contributed by atoms with Gasteiger partial charge in [0.2, 0.25) is 0 Å². The van der Waals surface area contributed by atoms with Crippen molar-refractivity contribution in [3.63, 3.8) is 0 Å². The molecule has 0 amide bonds. The Hall–Kier alpha value is -1.13. The van der Waals surface area contributed by atoms with Gasteiger partial charge in [0, 0.05) is 24.2 Å². The maximum atomic E-state index is 13.1. The second-order valence-electron chi connectivity index (χ2n) is 6.29. The van der Waals surface area contributed by atoms with E-state index in [0.717, 1.165) is 18.6 Å². The zero-order valence-electron chi connectivity index (χ0n) is 12.0. The van der Waals surface area contributed by atoms with Gasteiger partial charge in [-0.3, -0.25) is 0 Å². The Bertz CT molecular complexity index is 466. The van der Waals surface area contributed by atoms with Crippen LogP contribution in [0.5, 0.6) is 5.75 Å². The monoisotopic (exact) mass is 278 g/mol. The molecule has 2 aliphatic heterocycles. The number of fused-ring (bicyclic) bond motifs is 2. The van der Waals surface area contributed by atoms with Crippen molar-refractivity contribution in [2.45, 2.75) is 44.3 Å². The molecule has 3 rings (SSSR count). The summed E-state index contributed by atoms with van der Waals surface area (Å²) in [6.45, 7) is 1.49. The molecule has 0 radical (unpaired) electrons. The van der Waals surface area contributed by atoms with Crippen molar-refractivity contribution in [2.75, 3.05) is 13.6 Å². The zero-order valence-corrected chi connectivity index (χ0v) is 12.0. The summed E-state index contributed by atoms with van der Waals surface area (Å²) in [6.07, 6.45) is 5.19. The highest BCUT2D eigenvalue weighted by Crippen LogP contribution is 2.37. The molecule has 0 aliphatic carbocycles. The number of benzene rings is 1. The summed E-state index contributed by atoms with van der Waals surface area (Å²) in [7, 11) is 2.25. The minimum atomic E-state index is -0.295. The molecule has 3 nitrogen and oxygen atoms in total. The van der Waals surface area contributed by atoms with Gasteiger partial charge in [-0.1, -0.05) is 0 Å². The third-order valence-corrected chi connectivity index (χ3v) is 4.99. The third-order valence-electron chi connectivity index (χ3n) is 4.99. The lowest BCUT2D eigenvalue weighted by atomic mass is 9.91. The van der Waals surface area contributed by atoms with Crippen molar-refractivity contribution in [3.05, 3.63) is 29.6 Å². The Morgan fingerprint density at radius 1 is 1.30 bits per heavy atom. The van der Waals surface area contributed by atoms with Crippen LogP contribution < -0.4 is 5.32 Å². The molecular formula is C16H23FN2O. The summed E-state index contributed by atoms with van der Waals surface area (Å²) in [6, 6.07) is 5.61. The van der Waals surface area contributed by atoms with Gasteiger partial charge in [0.05, 0.1) is 0 Å². The van der Waals surface area contributed by atoms with Gasteiger partial charge in [0.25, 0.3) is 0 Å². The number of hydrogen-bond donors (Lipinski definition) is 2. The van der Waals surface area contributed by atoms with Crippen molar-refractivity contribution in [2.24, 2.45) is 5.92 Å². The number of phenolic OH excluding ortho intramolecular Hbond substituents is 1. The summed E-state index contributed by atoms with van der Waals surface area (Å²) in [5.74, 6) is 0.582. The first-order valence-corrected chi connectivity index (χ1v) is 7.53. The van der Waals surface area contributed by atoms with Crippen LogP contribution in [-0.2, 0) is 6.54 Å². The summed E-state index contributed by atoms with van der Waals surface area (Å²) in [4.78, 5) is 2.54. The third kappa shape index (κ3) is 2.81. The number of rotatable bonds is 4. The van der Waals surface area contributed by atoms with Gasteiger partial charge in [-0.15, -0.1) is 0 Å². The second kappa shape index (κ2) is 5.70. The molecule has 2 heterocycles. The molecule has 2 aliphatic rings. The molecule has 1 aromatic carbocycles. The minimum Gasteiger partial charge on any atom is -0.508 e. The molecule has 4 heteroatoms. The molecule has 2 unspecified atom stereocenters. The van der Waals surface area contributed by atoms with Gasteiger partial charge in [-0.2, -0.15) is 0 Å². The van der Waals surface area contributed by atoms with Crippen molar-refractivity contribution >= 4 is 0 Å². The van der Waals surface area contributed by atoms with E-state index in [-0.39, 0.29) is 11.6 Å². The van der Waals surface area contributed by atoms with Crippen molar-refractivity contribution < 1.29 is 9.50 Å². The molecule has 110 valence electrons. The van der Waals surface area contributed by atoms with E-state index in [1.807, 2.05) is 0 Å². The summed E-state index contributed by atoms with van der Waals surface area (Å²) >= 11 is 0. The van der Waals surface area contributed by atoms with Crippen LogP contribution in [0.15, 0.2) is 18.2 Å². The summed E-state index contributed by atoms with van der Waals surface area (Å²) in [5.41, 5.74) is 0.640. The van der Waals surface area contributed by atoms with Crippen LogP contribution in [0.1, 0.15) is 31.2 Å². The molecule has 1 aromatic rings. The average Bonchev–Trinajstić information content (AvgIpc) is 2.65. The van der Waals surface area contributed by atoms with E-state index in [4.69, 9.17) is 0 Å². The highest BCUT2D eigenvalue weighted by molar-refractivity contribution is 5.32. The van der Waals surface area contributed by atoms with Crippen LogP contribution in [-0.4, -0.2) is 35.7 Å². The minimum absolute atomic E-state index is 0.169. The molecule has 0 aromatic heterocycles. The highest BCUT2D eigenvalue weighted by Gasteiger charge is 2.37. The van der Waals surface area contributed by atoms with E-state index >= 15 is 0 Å². The number of aromatic hydroxyl groups is 1. The van der Waals surface area contributed by atoms with E-state index in [9.17, 15) is 9.50 Å². The molecule has 2 saturated heterocycles. The topological polar surface area (TPSA) is 35.5 Å². The normalized spacial score (nSPS) is 29.8. The molecule has 0 saturated carbocycles. The van der Waals surface area contributed by atoms with Crippen LogP contribution in [0, 0.1) is 11.7 Å². The number of nitrogens with zero attached hydrogens (tertiary/aromatic N) is 1. The molecule has 2 fully saturated rings. The first kappa shape index (κ1) is 13.8. The van der Waals surface area contributed by atoms with E-state index in [1.165, 1.54) is 43.9 Å². The van der Waals surface area contributed by atoms with E-state index in [0.29, 0.717) is 18.0 Å². The van der Waals surface area contributed by atoms with Crippen LogP contribution in [0.4, 0.5) is 4.39 Å². The SMILES string of the molecule is CN1C2CCC1CC(CNCc1cc(F)ccc1O)C2. The first-order valence-electron chi connectivity index (χ1n) is 7.53. The molecule has 2 N–H and O–H groups in total. The van der Waals surface area contributed by atoms with Crippen molar-refractivity contribution in [3.8, 4) is 5.75 Å². The van der Waals surface area contributed by atoms with Crippen LogP contribution in [0.25, 0.3) is 0 Å². The maximum absolute atomic E-state index is 13.1. The van der Waals surface area contributed by atoms with Crippen LogP contribution in [0.3, 0.4) is 0 Å². The number of phenols is 1. The number of hydrogen-bond acceptors (Lipinski definition) is 3. The lowest BCUT2D eigenvalue weighted by Crippen LogP contribution is -2.42. The van der Waals surface area contributed by atoms with Gasteiger partial charge in [-0.25, -0.2) is 4.39 Å². The Morgan fingerprint density at radius 3 is 2.70 bits per heavy atom. The Balaban J connectivity index is 1.50. The quantitative estimate of drug-likeness (QED) is 0.888. The number of halogens is 1. The van der Waals surface area contributed by atoms with E-state index in [2.05, 4.69) is 17.3 Å². The zero-order chi connectivity index (χ0) is 14.1. The molecule has 20 heavy (non-hydrogen) atoms. The lowest BCUT2D eigenvalue weighted by molar-refractivity contribution is 0.133. The molecule has 2 bridgehead atoms. The number of piperidine rings is 1. The molecule has 0 spiro atoms. The fraction of sp³-hybridized carbons (Fsp3) is 0.625. The van der Waals surface area contributed by atoms with E-state index < -0.39 is 0 Å². The largest absolute Gasteiger partial charge is 0.508 e. The average molecular weight is 278 g/mol. The lowest BCUT2D eigenvalue weighted by Gasteiger charge is -2.36. The van der Waals surface area contributed by atoms with Crippen molar-refractivity contribution in [1.82, 2.24) is 10.2 Å². The van der Waals surface area contributed by atoms with Crippen LogP contribution in [0.2, 0.25) is 0 Å². The van der Waals surface area contributed by atoms with Gasteiger partial charge >= 0.3 is 0 Å². The second-order valence-corrected chi connectivity index (χ2v) is 6.29. The molecular weight excluding hydrogens is 255 g/mol. The number of nitrogens with one attached hydrogen (secondary N) is 1. The highest BCUT2D eigenvalue weighted by atomic mass is 19.1. The first-order chi connectivity index (χ1) is 9.63.